The highest BCUT2D eigenvalue weighted by Crippen LogP contribution is 2.18. The first-order valence-corrected chi connectivity index (χ1v) is 6.37. The third-order valence-corrected chi connectivity index (χ3v) is 3.48. The van der Waals surface area contributed by atoms with E-state index in [2.05, 4.69) is 4.90 Å². The number of morpholine rings is 1. The van der Waals surface area contributed by atoms with Gasteiger partial charge in [0.1, 0.15) is 0 Å². The molecule has 17 heavy (non-hydrogen) atoms. The van der Waals surface area contributed by atoms with Crippen molar-refractivity contribution in [3.63, 3.8) is 0 Å². The molecule has 2 aliphatic rings. The molecular weight excluding hydrogens is 222 g/mol. The maximum absolute atomic E-state index is 10.6. The van der Waals surface area contributed by atoms with Crippen LogP contribution >= 0.6 is 0 Å². The smallest absolute Gasteiger partial charge is 0.306 e. The van der Waals surface area contributed by atoms with Crippen LogP contribution in [-0.2, 0) is 14.3 Å². The van der Waals surface area contributed by atoms with Gasteiger partial charge in [0, 0.05) is 32.8 Å². The molecule has 98 valence electrons. The van der Waals surface area contributed by atoms with Gasteiger partial charge in [0.05, 0.1) is 19.1 Å². The largest absolute Gasteiger partial charge is 0.481 e. The first-order valence-electron chi connectivity index (χ1n) is 6.37. The van der Waals surface area contributed by atoms with Crippen molar-refractivity contribution in [3.05, 3.63) is 0 Å². The number of rotatable bonds is 4. The zero-order valence-corrected chi connectivity index (χ0v) is 10.1. The van der Waals surface area contributed by atoms with Crippen molar-refractivity contribution in [3.8, 4) is 0 Å². The highest BCUT2D eigenvalue weighted by molar-refractivity contribution is 5.67. The van der Waals surface area contributed by atoms with Crippen LogP contribution in [0.5, 0.6) is 0 Å². The fourth-order valence-corrected chi connectivity index (χ4v) is 2.56. The minimum absolute atomic E-state index is 0.115. The summed E-state index contributed by atoms with van der Waals surface area (Å²) in [6, 6.07) is 0. The van der Waals surface area contributed by atoms with E-state index in [1.807, 2.05) is 0 Å². The van der Waals surface area contributed by atoms with E-state index in [4.69, 9.17) is 14.6 Å². The normalized spacial score (nSPS) is 28.1. The number of carboxylic acid groups (broad SMARTS) is 1. The number of carbonyl (C=O) groups is 1. The Morgan fingerprint density at radius 2 is 2.06 bits per heavy atom. The molecule has 0 radical (unpaired) electrons. The van der Waals surface area contributed by atoms with E-state index in [-0.39, 0.29) is 12.5 Å². The summed E-state index contributed by atoms with van der Waals surface area (Å²) in [5, 5.41) is 8.76. The maximum Gasteiger partial charge on any atom is 0.306 e. The monoisotopic (exact) mass is 243 g/mol. The van der Waals surface area contributed by atoms with Gasteiger partial charge < -0.3 is 14.6 Å². The molecule has 5 heteroatoms. The Kier molecular flexibility index (Phi) is 4.76. The lowest BCUT2D eigenvalue weighted by molar-refractivity contribution is -0.142. The third kappa shape index (κ3) is 4.26. The summed E-state index contributed by atoms with van der Waals surface area (Å²) >= 11 is 0. The molecule has 0 aliphatic carbocycles. The molecule has 2 fully saturated rings. The van der Waals surface area contributed by atoms with Crippen molar-refractivity contribution in [2.45, 2.75) is 25.4 Å². The van der Waals surface area contributed by atoms with Crippen molar-refractivity contribution < 1.29 is 19.4 Å². The lowest BCUT2D eigenvalue weighted by Crippen LogP contribution is -2.45. The van der Waals surface area contributed by atoms with Crippen molar-refractivity contribution in [2.75, 3.05) is 39.5 Å². The van der Waals surface area contributed by atoms with E-state index < -0.39 is 5.97 Å². The predicted octanol–water partition coefficient (Wildman–Crippen LogP) is 0.588. The summed E-state index contributed by atoms with van der Waals surface area (Å²) in [5.74, 6) is -0.0738. The Morgan fingerprint density at radius 1 is 1.29 bits per heavy atom. The fraction of sp³-hybridized carbons (Fsp3) is 0.917. The molecule has 1 unspecified atom stereocenters. The van der Waals surface area contributed by atoms with Crippen LogP contribution in [0, 0.1) is 5.92 Å². The lowest BCUT2D eigenvalue weighted by Gasteiger charge is -2.35. The van der Waals surface area contributed by atoms with Gasteiger partial charge in [0.15, 0.2) is 0 Å². The molecule has 0 bridgehead atoms. The summed E-state index contributed by atoms with van der Waals surface area (Å²) in [4.78, 5) is 13.0. The van der Waals surface area contributed by atoms with E-state index in [0.717, 1.165) is 45.7 Å². The van der Waals surface area contributed by atoms with Crippen LogP contribution in [0.1, 0.15) is 19.3 Å². The summed E-state index contributed by atoms with van der Waals surface area (Å²) in [6.45, 7) is 5.13. The first-order chi connectivity index (χ1) is 8.24. The Hall–Kier alpha value is -0.650. The second-order valence-corrected chi connectivity index (χ2v) is 4.91. The second-order valence-electron chi connectivity index (χ2n) is 4.91. The zero-order valence-electron chi connectivity index (χ0n) is 10.1. The molecule has 5 nitrogen and oxygen atoms in total. The van der Waals surface area contributed by atoms with Gasteiger partial charge in [0.2, 0.25) is 0 Å². The molecule has 2 heterocycles. The van der Waals surface area contributed by atoms with E-state index in [1.54, 1.807) is 0 Å². The average molecular weight is 243 g/mol. The average Bonchev–Trinajstić information content (AvgIpc) is 2.30. The van der Waals surface area contributed by atoms with Crippen LogP contribution in [0.25, 0.3) is 0 Å². The topological polar surface area (TPSA) is 59.0 Å². The van der Waals surface area contributed by atoms with E-state index >= 15 is 0 Å². The fourth-order valence-electron chi connectivity index (χ4n) is 2.56. The highest BCUT2D eigenvalue weighted by atomic mass is 16.5. The predicted molar refractivity (Wildman–Crippen MR) is 62.0 cm³/mol. The molecule has 0 aromatic heterocycles. The molecule has 0 aromatic rings. The van der Waals surface area contributed by atoms with Crippen LogP contribution in [0.15, 0.2) is 0 Å². The van der Waals surface area contributed by atoms with Gasteiger partial charge in [-0.25, -0.2) is 0 Å². The molecule has 2 aliphatic heterocycles. The second kappa shape index (κ2) is 6.33. The maximum atomic E-state index is 10.6. The minimum Gasteiger partial charge on any atom is -0.481 e. The molecule has 0 amide bonds. The molecule has 2 saturated heterocycles. The van der Waals surface area contributed by atoms with Crippen molar-refractivity contribution in [1.82, 2.24) is 4.90 Å². The molecule has 1 N–H and O–H groups in total. The number of hydrogen-bond donors (Lipinski definition) is 1. The van der Waals surface area contributed by atoms with Crippen LogP contribution in [0.4, 0.5) is 0 Å². The number of hydrogen-bond acceptors (Lipinski definition) is 4. The Balaban J connectivity index is 1.74. The lowest BCUT2D eigenvalue weighted by atomic mass is 9.99. The van der Waals surface area contributed by atoms with E-state index in [1.165, 1.54) is 0 Å². The summed E-state index contributed by atoms with van der Waals surface area (Å²) in [5.41, 5.74) is 0. The number of ether oxygens (including phenoxy) is 2. The Labute approximate surface area is 102 Å². The van der Waals surface area contributed by atoms with Crippen molar-refractivity contribution >= 4 is 5.97 Å². The zero-order chi connectivity index (χ0) is 12.1. The number of aliphatic carboxylic acids is 1. The molecule has 0 saturated carbocycles. The SMILES string of the molecule is O=C(O)CC1CN(CC2CCOCC2)CCO1. The van der Waals surface area contributed by atoms with Gasteiger partial charge in [-0.1, -0.05) is 0 Å². The number of carboxylic acids is 1. The van der Waals surface area contributed by atoms with Crippen LogP contribution in [0.2, 0.25) is 0 Å². The van der Waals surface area contributed by atoms with Crippen LogP contribution in [0.3, 0.4) is 0 Å². The Bertz CT molecular complexity index is 253. The quantitative estimate of drug-likeness (QED) is 0.783. The standard InChI is InChI=1S/C12H21NO4/c14-12(15)7-11-9-13(3-6-17-11)8-10-1-4-16-5-2-10/h10-11H,1-9H2,(H,14,15). The third-order valence-electron chi connectivity index (χ3n) is 3.48. The van der Waals surface area contributed by atoms with Gasteiger partial charge >= 0.3 is 5.97 Å². The number of nitrogens with zero attached hydrogens (tertiary/aromatic N) is 1. The van der Waals surface area contributed by atoms with Gasteiger partial charge in [-0.15, -0.1) is 0 Å². The van der Waals surface area contributed by atoms with Gasteiger partial charge in [-0.05, 0) is 18.8 Å². The molecular formula is C12H21NO4. The molecule has 0 aromatic carbocycles. The van der Waals surface area contributed by atoms with E-state index in [0.29, 0.717) is 12.5 Å². The van der Waals surface area contributed by atoms with E-state index in [9.17, 15) is 4.79 Å². The van der Waals surface area contributed by atoms with Gasteiger partial charge in [0.25, 0.3) is 0 Å². The van der Waals surface area contributed by atoms with Crippen LogP contribution < -0.4 is 0 Å². The summed E-state index contributed by atoms with van der Waals surface area (Å²) < 4.78 is 10.8. The Morgan fingerprint density at radius 3 is 2.76 bits per heavy atom. The molecule has 1 atom stereocenters. The van der Waals surface area contributed by atoms with Gasteiger partial charge in [-0.2, -0.15) is 0 Å². The van der Waals surface area contributed by atoms with Gasteiger partial charge in [-0.3, -0.25) is 9.69 Å². The minimum atomic E-state index is -0.775. The first kappa shape index (κ1) is 12.8. The van der Waals surface area contributed by atoms with Crippen molar-refractivity contribution in [2.24, 2.45) is 5.92 Å². The van der Waals surface area contributed by atoms with Crippen molar-refractivity contribution in [1.29, 1.82) is 0 Å². The highest BCUT2D eigenvalue weighted by Gasteiger charge is 2.25. The summed E-state index contributed by atoms with van der Waals surface area (Å²) in [6.07, 6.45) is 2.23. The summed E-state index contributed by atoms with van der Waals surface area (Å²) in [7, 11) is 0. The molecule has 0 spiro atoms. The van der Waals surface area contributed by atoms with Crippen LogP contribution in [-0.4, -0.2) is 61.5 Å². The molecule has 2 rings (SSSR count).